The molecule has 4 rings (SSSR count). The molecule has 0 aliphatic carbocycles. The van der Waals surface area contributed by atoms with E-state index in [-0.39, 0.29) is 11.5 Å². The maximum atomic E-state index is 13.2. The summed E-state index contributed by atoms with van der Waals surface area (Å²) in [6.07, 6.45) is 2.23. The molecular formula is C25H25BrN4O3. The molecule has 0 saturated heterocycles. The van der Waals surface area contributed by atoms with Crippen LogP contribution in [0.2, 0.25) is 0 Å². The minimum Gasteiger partial charge on any atom is -0.464 e. The van der Waals surface area contributed by atoms with Gasteiger partial charge in [0.2, 0.25) is 0 Å². The normalized spacial score (nSPS) is 12.6. The van der Waals surface area contributed by atoms with Crippen molar-refractivity contribution < 1.29 is 9.53 Å². The van der Waals surface area contributed by atoms with Gasteiger partial charge in [-0.05, 0) is 45.0 Å². The molecule has 0 aliphatic heterocycles. The number of esters is 1. The number of para-hydroxylation sites is 1. The zero-order valence-corrected chi connectivity index (χ0v) is 20.6. The van der Waals surface area contributed by atoms with Crippen molar-refractivity contribution in [3.8, 4) is 0 Å². The van der Waals surface area contributed by atoms with Crippen LogP contribution >= 0.6 is 15.9 Å². The van der Waals surface area contributed by atoms with E-state index < -0.39 is 6.04 Å². The van der Waals surface area contributed by atoms with Crippen molar-refractivity contribution in [1.29, 1.82) is 0 Å². The number of rotatable bonds is 6. The highest BCUT2D eigenvalue weighted by molar-refractivity contribution is 9.10. The Morgan fingerprint density at radius 3 is 2.70 bits per heavy atom. The van der Waals surface area contributed by atoms with Crippen molar-refractivity contribution in [3.05, 3.63) is 74.4 Å². The number of aromatic nitrogens is 3. The third kappa shape index (κ3) is 4.11. The summed E-state index contributed by atoms with van der Waals surface area (Å²) in [5, 5.41) is 6.00. The summed E-state index contributed by atoms with van der Waals surface area (Å²) in [5.41, 5.74) is 3.02. The quantitative estimate of drug-likeness (QED) is 0.271. The van der Waals surface area contributed by atoms with Gasteiger partial charge in [-0.3, -0.25) is 4.79 Å². The Hall–Kier alpha value is -3.26. The Bertz CT molecular complexity index is 1450. The molecule has 0 radical (unpaired) electrons. The topological polar surface area (TPSA) is 78.5 Å². The highest BCUT2D eigenvalue weighted by Crippen LogP contribution is 2.28. The number of aryl methyl sites for hydroxylation is 1. The first kappa shape index (κ1) is 22.9. The molecule has 0 unspecified atom stereocenters. The third-order valence-electron chi connectivity index (χ3n) is 5.71. The highest BCUT2D eigenvalue weighted by Gasteiger charge is 2.22. The van der Waals surface area contributed by atoms with Gasteiger partial charge < -0.3 is 9.30 Å². The van der Waals surface area contributed by atoms with E-state index in [0.29, 0.717) is 29.8 Å². The van der Waals surface area contributed by atoms with Crippen LogP contribution in [0.1, 0.15) is 43.9 Å². The van der Waals surface area contributed by atoms with E-state index in [1.165, 1.54) is 4.68 Å². The molecule has 8 heteroatoms. The van der Waals surface area contributed by atoms with E-state index in [1.54, 1.807) is 19.2 Å². The van der Waals surface area contributed by atoms with E-state index in [9.17, 15) is 9.59 Å². The van der Waals surface area contributed by atoms with Crippen LogP contribution in [-0.2, 0) is 16.0 Å². The Kier molecular flexibility index (Phi) is 6.47. The van der Waals surface area contributed by atoms with Gasteiger partial charge in [0, 0.05) is 33.1 Å². The van der Waals surface area contributed by atoms with Crippen LogP contribution in [0.5, 0.6) is 0 Å². The molecule has 0 bridgehead atoms. The number of hydrogen-bond donors (Lipinski definition) is 0. The van der Waals surface area contributed by atoms with Crippen molar-refractivity contribution in [2.75, 3.05) is 6.61 Å². The zero-order chi connectivity index (χ0) is 23.7. The van der Waals surface area contributed by atoms with Crippen LogP contribution in [0, 0.1) is 6.92 Å². The van der Waals surface area contributed by atoms with Gasteiger partial charge in [-0.2, -0.15) is 9.78 Å². The molecular weight excluding hydrogens is 484 g/mol. The van der Waals surface area contributed by atoms with E-state index in [1.807, 2.05) is 61.7 Å². The lowest BCUT2D eigenvalue weighted by Crippen LogP contribution is -2.22. The summed E-state index contributed by atoms with van der Waals surface area (Å²) in [6, 6.07) is 12.8. The van der Waals surface area contributed by atoms with Gasteiger partial charge in [-0.15, -0.1) is 0 Å². The second-order valence-electron chi connectivity index (χ2n) is 7.72. The Labute approximate surface area is 199 Å². The molecule has 2 heterocycles. The molecule has 33 heavy (non-hydrogen) atoms. The summed E-state index contributed by atoms with van der Waals surface area (Å²) in [5.74, 6) is 0.283. The van der Waals surface area contributed by atoms with E-state index >= 15 is 0 Å². The van der Waals surface area contributed by atoms with E-state index in [0.717, 1.165) is 26.6 Å². The summed E-state index contributed by atoms with van der Waals surface area (Å²) in [4.78, 5) is 30.3. The monoisotopic (exact) mass is 508 g/mol. The molecule has 0 saturated carbocycles. The summed E-state index contributed by atoms with van der Waals surface area (Å²) >= 11 is 3.42. The first-order valence-electron chi connectivity index (χ1n) is 10.9. The highest BCUT2D eigenvalue weighted by atomic mass is 79.9. The fourth-order valence-electron chi connectivity index (χ4n) is 4.11. The van der Waals surface area contributed by atoms with Crippen molar-refractivity contribution in [3.63, 3.8) is 0 Å². The molecule has 2 aromatic heterocycles. The number of carbonyl (C=O) groups is 1. The van der Waals surface area contributed by atoms with Gasteiger partial charge in [0.15, 0.2) is 0 Å². The summed E-state index contributed by atoms with van der Waals surface area (Å²) in [6.45, 7) is 7.82. The minimum absolute atomic E-state index is 0.226. The number of benzene rings is 2. The number of halogens is 1. The Balaban J connectivity index is 1.88. The second-order valence-corrected chi connectivity index (χ2v) is 8.63. The first-order chi connectivity index (χ1) is 15.9. The van der Waals surface area contributed by atoms with Crippen LogP contribution in [-0.4, -0.2) is 33.0 Å². The van der Waals surface area contributed by atoms with Crippen LogP contribution in [0.3, 0.4) is 0 Å². The summed E-state index contributed by atoms with van der Waals surface area (Å²) in [7, 11) is 0. The molecule has 1 atom stereocenters. The maximum absolute atomic E-state index is 13.2. The summed E-state index contributed by atoms with van der Waals surface area (Å²) < 4.78 is 9.36. The molecule has 0 aliphatic rings. The number of fused-ring (bicyclic) bond motifs is 2. The Morgan fingerprint density at radius 1 is 1.21 bits per heavy atom. The predicted octanol–water partition coefficient (Wildman–Crippen LogP) is 4.99. The smallest absolute Gasteiger partial charge is 0.328 e. The van der Waals surface area contributed by atoms with Crippen molar-refractivity contribution >= 4 is 49.9 Å². The minimum atomic E-state index is -0.495. The lowest BCUT2D eigenvalue weighted by molar-refractivity contribution is -0.146. The van der Waals surface area contributed by atoms with Crippen molar-refractivity contribution in [1.82, 2.24) is 14.2 Å². The van der Waals surface area contributed by atoms with Crippen LogP contribution < -0.4 is 5.56 Å². The number of ether oxygens (including phenoxy) is 1. The van der Waals surface area contributed by atoms with E-state index in [2.05, 4.69) is 26.0 Å². The van der Waals surface area contributed by atoms with Gasteiger partial charge in [0.05, 0.1) is 23.7 Å². The van der Waals surface area contributed by atoms with E-state index in [4.69, 9.17) is 4.74 Å². The second kappa shape index (κ2) is 9.31. The molecule has 4 aromatic rings. The SMILES string of the molecule is CCOC(=O)[C@@H](C)n1c(C)c(C=Nn2c(CC)nc3ccc(Br)cc3c2=O)c2ccccc21. The lowest BCUT2D eigenvalue weighted by Gasteiger charge is -2.16. The average Bonchev–Trinajstić information content (AvgIpc) is 3.09. The molecule has 170 valence electrons. The molecule has 0 spiro atoms. The lowest BCUT2D eigenvalue weighted by atomic mass is 10.1. The van der Waals surface area contributed by atoms with Gasteiger partial charge in [0.1, 0.15) is 11.9 Å². The fourth-order valence-corrected chi connectivity index (χ4v) is 4.47. The van der Waals surface area contributed by atoms with Gasteiger partial charge >= 0.3 is 5.97 Å². The average molecular weight is 509 g/mol. The Morgan fingerprint density at radius 2 is 1.97 bits per heavy atom. The molecule has 0 fully saturated rings. The van der Waals surface area contributed by atoms with Gasteiger partial charge in [-0.25, -0.2) is 9.78 Å². The number of hydrogen-bond acceptors (Lipinski definition) is 5. The molecule has 2 aromatic carbocycles. The first-order valence-corrected chi connectivity index (χ1v) is 11.7. The number of carbonyl (C=O) groups excluding carboxylic acids is 1. The van der Waals surface area contributed by atoms with Crippen molar-refractivity contribution in [2.45, 2.75) is 40.2 Å². The third-order valence-corrected chi connectivity index (χ3v) is 6.21. The van der Waals surface area contributed by atoms with Crippen LogP contribution in [0.25, 0.3) is 21.8 Å². The number of nitrogens with zero attached hydrogens (tertiary/aromatic N) is 4. The van der Waals surface area contributed by atoms with Crippen molar-refractivity contribution in [2.24, 2.45) is 5.10 Å². The van der Waals surface area contributed by atoms with Crippen LogP contribution in [0.4, 0.5) is 0 Å². The molecule has 7 nitrogen and oxygen atoms in total. The van der Waals surface area contributed by atoms with Gasteiger partial charge in [-0.1, -0.05) is 41.1 Å². The van der Waals surface area contributed by atoms with Gasteiger partial charge in [0.25, 0.3) is 5.56 Å². The zero-order valence-electron chi connectivity index (χ0n) is 19.0. The molecule has 0 amide bonds. The largest absolute Gasteiger partial charge is 0.464 e. The predicted molar refractivity (Wildman–Crippen MR) is 134 cm³/mol. The fraction of sp³-hybridized carbons (Fsp3) is 0.280. The maximum Gasteiger partial charge on any atom is 0.328 e. The molecule has 0 N–H and O–H groups in total. The van der Waals surface area contributed by atoms with Crippen LogP contribution in [0.15, 0.2) is 56.8 Å². The standard InChI is InChI=1S/C25H25BrN4O3/c1-5-23-28-21-12-11-17(26)13-19(21)24(31)30(23)27-14-20-15(3)29(16(4)25(32)33-6-2)22-10-8-7-9-18(20)22/h7-14,16H,5-6H2,1-4H3/t16-/m1/s1.